The van der Waals surface area contributed by atoms with Gasteiger partial charge in [0.05, 0.1) is 0 Å². The maximum Gasteiger partial charge on any atom is 0.586 e. The molecule has 0 saturated carbocycles. The average Bonchev–Trinajstić information content (AvgIpc) is 2.48. The van der Waals surface area contributed by atoms with Crippen LogP contribution in [-0.2, 0) is 0 Å². The molecule has 1 aliphatic heterocycles. The Morgan fingerprint density at radius 1 is 1.19 bits per heavy atom. The van der Waals surface area contributed by atoms with Gasteiger partial charge in [0.1, 0.15) is 0 Å². The summed E-state index contributed by atoms with van der Waals surface area (Å²) < 4.78 is 57.2. The second-order valence-corrected chi connectivity index (χ2v) is 2.99. The highest BCUT2D eigenvalue weighted by atomic mass is 19.3. The number of benzene rings is 1. The van der Waals surface area contributed by atoms with Crippen molar-refractivity contribution < 1.29 is 31.8 Å². The first-order valence-corrected chi connectivity index (χ1v) is 4.11. The summed E-state index contributed by atoms with van der Waals surface area (Å²) in [6.45, 7) is 0. The van der Waals surface area contributed by atoms with Gasteiger partial charge >= 0.3 is 12.7 Å². The van der Waals surface area contributed by atoms with Crippen molar-refractivity contribution in [2.45, 2.75) is 12.7 Å². The Labute approximate surface area is 86.6 Å². The van der Waals surface area contributed by atoms with Gasteiger partial charge in [-0.1, -0.05) is 0 Å². The molecule has 2 rings (SSSR count). The Morgan fingerprint density at radius 2 is 1.81 bits per heavy atom. The van der Waals surface area contributed by atoms with E-state index in [-0.39, 0.29) is 5.75 Å². The van der Waals surface area contributed by atoms with Crippen LogP contribution in [0.2, 0.25) is 0 Å². The minimum absolute atomic E-state index is 0.296. The maximum atomic E-state index is 12.6. The predicted octanol–water partition coefficient (Wildman–Crippen LogP) is 2.46. The molecule has 1 aromatic rings. The molecule has 3 nitrogen and oxygen atoms in total. The van der Waals surface area contributed by atoms with Crippen LogP contribution in [0.4, 0.5) is 17.6 Å². The van der Waals surface area contributed by atoms with E-state index in [0.29, 0.717) is 0 Å². The lowest BCUT2D eigenvalue weighted by Crippen LogP contribution is -2.25. The van der Waals surface area contributed by atoms with Gasteiger partial charge in [-0.3, -0.25) is 4.79 Å². The molecule has 0 aliphatic carbocycles. The van der Waals surface area contributed by atoms with E-state index in [9.17, 15) is 22.4 Å². The van der Waals surface area contributed by atoms with Crippen molar-refractivity contribution in [2.75, 3.05) is 0 Å². The molecule has 0 spiro atoms. The lowest BCUT2D eigenvalue weighted by atomic mass is 10.1. The van der Waals surface area contributed by atoms with Crippen LogP contribution in [0.5, 0.6) is 11.5 Å². The summed E-state index contributed by atoms with van der Waals surface area (Å²) in [4.78, 5) is 10.9. The van der Waals surface area contributed by atoms with Gasteiger partial charge in [-0.15, -0.1) is 8.78 Å². The van der Waals surface area contributed by atoms with Gasteiger partial charge in [0.2, 0.25) is 5.78 Å². The number of hydrogen-bond donors (Lipinski definition) is 0. The summed E-state index contributed by atoms with van der Waals surface area (Å²) in [6.07, 6.45) is -7.02. The highest BCUT2D eigenvalue weighted by Crippen LogP contribution is 2.41. The number of hydrogen-bond acceptors (Lipinski definition) is 3. The van der Waals surface area contributed by atoms with E-state index in [2.05, 4.69) is 9.47 Å². The largest absolute Gasteiger partial charge is 0.586 e. The van der Waals surface area contributed by atoms with Crippen LogP contribution in [0.25, 0.3) is 0 Å². The van der Waals surface area contributed by atoms with Gasteiger partial charge in [-0.05, 0) is 18.2 Å². The van der Waals surface area contributed by atoms with Gasteiger partial charge in [0.15, 0.2) is 11.5 Å². The molecular formula is C9H4F4O3. The Kier molecular flexibility index (Phi) is 2.25. The minimum atomic E-state index is -3.82. The molecule has 1 heterocycles. The second-order valence-electron chi connectivity index (χ2n) is 2.99. The number of alkyl halides is 4. The second kappa shape index (κ2) is 3.36. The van der Waals surface area contributed by atoms with Crippen LogP contribution in [0.3, 0.4) is 0 Å². The van der Waals surface area contributed by atoms with Gasteiger partial charge in [-0.2, -0.15) is 0 Å². The molecule has 16 heavy (non-hydrogen) atoms. The molecule has 0 unspecified atom stereocenters. The molecule has 0 amide bonds. The third-order valence-corrected chi connectivity index (χ3v) is 1.88. The normalized spacial score (nSPS) is 16.6. The zero-order valence-electron chi connectivity index (χ0n) is 7.55. The smallest absolute Gasteiger partial charge is 0.395 e. The van der Waals surface area contributed by atoms with Crippen LogP contribution in [0, 0.1) is 0 Å². The highest BCUT2D eigenvalue weighted by Gasteiger charge is 2.43. The first kappa shape index (κ1) is 10.7. The Morgan fingerprint density at radius 3 is 2.44 bits per heavy atom. The number of carbonyl (C=O) groups excluding carboxylic acids is 1. The first-order valence-electron chi connectivity index (χ1n) is 4.11. The average molecular weight is 236 g/mol. The van der Waals surface area contributed by atoms with Crippen LogP contribution in [0.15, 0.2) is 18.2 Å². The molecule has 0 fully saturated rings. The molecular weight excluding hydrogens is 232 g/mol. The van der Waals surface area contributed by atoms with Crippen molar-refractivity contribution in [3.8, 4) is 11.5 Å². The van der Waals surface area contributed by atoms with E-state index in [4.69, 9.17) is 0 Å². The maximum absolute atomic E-state index is 12.6. The van der Waals surface area contributed by atoms with Gasteiger partial charge < -0.3 is 9.47 Å². The zero-order valence-corrected chi connectivity index (χ0v) is 7.55. The van der Waals surface area contributed by atoms with E-state index in [1.807, 2.05) is 0 Å². The topological polar surface area (TPSA) is 35.5 Å². The molecule has 7 heteroatoms. The van der Waals surface area contributed by atoms with E-state index < -0.39 is 29.8 Å². The fourth-order valence-electron chi connectivity index (χ4n) is 1.23. The quantitative estimate of drug-likeness (QED) is 0.584. The predicted molar refractivity (Wildman–Crippen MR) is 43.0 cm³/mol. The first-order chi connectivity index (χ1) is 7.39. The Balaban J connectivity index is 2.33. The molecule has 0 aromatic heterocycles. The minimum Gasteiger partial charge on any atom is -0.395 e. The van der Waals surface area contributed by atoms with Crippen LogP contribution in [-0.4, -0.2) is 18.5 Å². The van der Waals surface area contributed by atoms with Crippen LogP contribution < -0.4 is 9.47 Å². The number of halogens is 4. The molecule has 0 bridgehead atoms. The van der Waals surface area contributed by atoms with Gasteiger partial charge in [0.25, 0.3) is 0 Å². The van der Waals surface area contributed by atoms with E-state index in [1.54, 1.807) is 0 Å². The number of ketones is 1. The summed E-state index contributed by atoms with van der Waals surface area (Å²) in [5.74, 6) is -2.19. The number of carbonyl (C=O) groups is 1. The van der Waals surface area contributed by atoms with Crippen molar-refractivity contribution in [3.05, 3.63) is 23.8 Å². The van der Waals surface area contributed by atoms with Crippen molar-refractivity contribution in [2.24, 2.45) is 0 Å². The van der Waals surface area contributed by atoms with Crippen molar-refractivity contribution >= 4 is 5.78 Å². The van der Waals surface area contributed by atoms with E-state index in [1.165, 1.54) is 0 Å². The molecule has 1 aliphatic rings. The molecule has 86 valence electrons. The summed E-state index contributed by atoms with van der Waals surface area (Å²) >= 11 is 0. The highest BCUT2D eigenvalue weighted by molar-refractivity contribution is 5.99. The third kappa shape index (κ3) is 1.80. The fourth-order valence-corrected chi connectivity index (χ4v) is 1.23. The Hall–Kier alpha value is -1.79. The number of Topliss-reactive ketones (excluding diaryl/α,β-unsaturated/α-hetero) is 1. The van der Waals surface area contributed by atoms with Gasteiger partial charge in [-0.25, -0.2) is 8.78 Å². The summed E-state index contributed by atoms with van der Waals surface area (Å²) in [5.41, 5.74) is -0.407. The van der Waals surface area contributed by atoms with Crippen molar-refractivity contribution in [1.29, 1.82) is 0 Å². The summed E-state index contributed by atoms with van der Waals surface area (Å²) in [5, 5.41) is 0. The molecule has 0 atom stereocenters. The molecule has 0 saturated heterocycles. The SMILES string of the molecule is O=C(c1ccc2c(c1)OC(F)(F)O2)C(F)F. The molecule has 0 N–H and O–H groups in total. The van der Waals surface area contributed by atoms with E-state index in [0.717, 1.165) is 18.2 Å². The summed E-state index contributed by atoms with van der Waals surface area (Å²) in [7, 11) is 0. The zero-order chi connectivity index (χ0) is 11.9. The van der Waals surface area contributed by atoms with Crippen LogP contribution in [0.1, 0.15) is 10.4 Å². The summed E-state index contributed by atoms with van der Waals surface area (Å²) in [6, 6.07) is 2.74. The molecule has 0 radical (unpaired) electrons. The number of rotatable bonds is 2. The lowest BCUT2D eigenvalue weighted by molar-refractivity contribution is -0.286. The monoisotopic (exact) mass is 236 g/mol. The number of fused-ring (bicyclic) bond motifs is 1. The lowest BCUT2D eigenvalue weighted by Gasteiger charge is -2.04. The Bertz CT molecular complexity index is 444. The third-order valence-electron chi connectivity index (χ3n) is 1.88. The van der Waals surface area contributed by atoms with Gasteiger partial charge in [0, 0.05) is 5.56 Å². The fraction of sp³-hybridized carbons (Fsp3) is 0.222. The number of ether oxygens (including phenoxy) is 2. The van der Waals surface area contributed by atoms with E-state index >= 15 is 0 Å². The van der Waals surface area contributed by atoms with Crippen molar-refractivity contribution in [1.82, 2.24) is 0 Å². The van der Waals surface area contributed by atoms with Crippen molar-refractivity contribution in [3.63, 3.8) is 0 Å². The standard InChI is InChI=1S/C9H4F4O3/c10-8(11)7(14)4-1-2-5-6(3-4)16-9(12,13)15-5/h1-3,8H. The van der Waals surface area contributed by atoms with Crippen LogP contribution >= 0.6 is 0 Å². The molecule has 1 aromatic carbocycles.